The van der Waals surface area contributed by atoms with Gasteiger partial charge in [0.2, 0.25) is 0 Å². The van der Waals surface area contributed by atoms with E-state index in [1.807, 2.05) is 51.1 Å². The van der Waals surface area contributed by atoms with Crippen molar-refractivity contribution in [2.75, 3.05) is 19.6 Å². The van der Waals surface area contributed by atoms with E-state index in [0.717, 1.165) is 36.5 Å². The van der Waals surface area contributed by atoms with Crippen LogP contribution >= 0.6 is 0 Å². The molecule has 2 N–H and O–H groups in total. The smallest absolute Gasteiger partial charge is 0.273 e. The Labute approximate surface area is 176 Å². The van der Waals surface area contributed by atoms with Gasteiger partial charge in [-0.15, -0.1) is 0 Å². The molecule has 0 aliphatic carbocycles. The summed E-state index contributed by atoms with van der Waals surface area (Å²) in [4.78, 5) is 32.6. The van der Waals surface area contributed by atoms with Crippen LogP contribution in [0, 0.1) is 6.92 Å². The highest BCUT2D eigenvalue weighted by molar-refractivity contribution is 5.94. The number of hydrogen-bond acceptors (Lipinski definition) is 4. The zero-order chi connectivity index (χ0) is 21.3. The van der Waals surface area contributed by atoms with Crippen LogP contribution in [0.15, 0.2) is 41.2 Å². The lowest BCUT2D eigenvalue weighted by atomic mass is 10.0. The molecule has 1 aliphatic heterocycles. The molecule has 4 rings (SSSR count). The van der Waals surface area contributed by atoms with Gasteiger partial charge in [-0.05, 0) is 52.3 Å². The molecular formula is C23H29N5O2. The van der Waals surface area contributed by atoms with Gasteiger partial charge in [0.25, 0.3) is 11.5 Å². The molecule has 3 heterocycles. The van der Waals surface area contributed by atoms with Gasteiger partial charge in [0.1, 0.15) is 5.69 Å². The van der Waals surface area contributed by atoms with Gasteiger partial charge < -0.3 is 10.2 Å². The molecule has 1 aromatic carbocycles. The van der Waals surface area contributed by atoms with Crippen molar-refractivity contribution in [3.8, 4) is 11.1 Å². The van der Waals surface area contributed by atoms with Gasteiger partial charge >= 0.3 is 0 Å². The number of likely N-dealkylation sites (tertiary alicyclic amines) is 1. The van der Waals surface area contributed by atoms with Crippen LogP contribution in [0.3, 0.4) is 0 Å². The first-order chi connectivity index (χ1) is 14.3. The summed E-state index contributed by atoms with van der Waals surface area (Å²) in [5.41, 5.74) is 2.49. The Morgan fingerprint density at radius 1 is 1.17 bits per heavy atom. The lowest BCUT2D eigenvalue weighted by molar-refractivity contribution is 0.0873. The van der Waals surface area contributed by atoms with E-state index in [1.165, 1.54) is 29.8 Å². The van der Waals surface area contributed by atoms with Gasteiger partial charge in [-0.1, -0.05) is 36.8 Å². The quantitative estimate of drug-likeness (QED) is 0.681. The van der Waals surface area contributed by atoms with E-state index < -0.39 is 5.54 Å². The minimum absolute atomic E-state index is 0.142. The number of carbonyl (C=O) groups is 1. The number of fused-ring (bicyclic) bond motifs is 1. The largest absolute Gasteiger partial charge is 0.345 e. The van der Waals surface area contributed by atoms with Gasteiger partial charge in [0.05, 0.1) is 0 Å². The third-order valence-electron chi connectivity index (χ3n) is 5.61. The highest BCUT2D eigenvalue weighted by Gasteiger charge is 2.26. The first kappa shape index (κ1) is 20.3. The number of hydrogen-bond donors (Lipinski definition) is 2. The van der Waals surface area contributed by atoms with Crippen molar-refractivity contribution in [2.24, 2.45) is 0 Å². The fourth-order valence-electron chi connectivity index (χ4n) is 4.30. The number of H-pyrrole nitrogens is 1. The predicted molar refractivity (Wildman–Crippen MR) is 118 cm³/mol. The number of aromatic amines is 1. The molecule has 3 aromatic rings. The summed E-state index contributed by atoms with van der Waals surface area (Å²) in [5, 5.41) is 6.14. The van der Waals surface area contributed by atoms with E-state index in [2.05, 4.69) is 20.3 Å². The maximum Gasteiger partial charge on any atom is 0.273 e. The maximum absolute atomic E-state index is 13.0. The first-order valence-electron chi connectivity index (χ1n) is 10.6. The monoisotopic (exact) mass is 407 g/mol. The van der Waals surface area contributed by atoms with Crippen LogP contribution in [-0.4, -0.2) is 50.6 Å². The molecule has 7 heteroatoms. The summed E-state index contributed by atoms with van der Waals surface area (Å²) < 4.78 is 1.40. The molecule has 0 saturated carbocycles. The minimum Gasteiger partial charge on any atom is -0.345 e. The number of carbonyl (C=O) groups excluding carboxylic acids is 1. The highest BCUT2D eigenvalue weighted by Crippen LogP contribution is 2.26. The molecule has 1 fully saturated rings. The van der Waals surface area contributed by atoms with E-state index in [9.17, 15) is 9.59 Å². The molecule has 1 aliphatic rings. The Morgan fingerprint density at radius 3 is 2.57 bits per heavy atom. The molecule has 0 bridgehead atoms. The topological polar surface area (TPSA) is 82.5 Å². The lowest BCUT2D eigenvalue weighted by Gasteiger charge is -2.35. The van der Waals surface area contributed by atoms with Crippen LogP contribution < -0.4 is 10.9 Å². The summed E-state index contributed by atoms with van der Waals surface area (Å²) in [6.07, 6.45) is 3.68. The number of aryl methyl sites for hydroxylation is 1. The second-order valence-corrected chi connectivity index (χ2v) is 8.79. The van der Waals surface area contributed by atoms with Crippen LogP contribution in [-0.2, 0) is 0 Å². The molecule has 7 nitrogen and oxygen atoms in total. The molecule has 0 spiro atoms. The summed E-state index contributed by atoms with van der Waals surface area (Å²) in [6, 6.07) is 11.1. The van der Waals surface area contributed by atoms with Gasteiger partial charge in [-0.3, -0.25) is 14.7 Å². The van der Waals surface area contributed by atoms with Gasteiger partial charge in [0.15, 0.2) is 5.65 Å². The molecular weight excluding hydrogens is 378 g/mol. The predicted octanol–water partition coefficient (Wildman–Crippen LogP) is 2.99. The van der Waals surface area contributed by atoms with Crippen LogP contribution in [0.4, 0.5) is 0 Å². The summed E-state index contributed by atoms with van der Waals surface area (Å²) in [6.45, 7) is 8.83. The Balaban J connectivity index is 1.64. The van der Waals surface area contributed by atoms with E-state index in [4.69, 9.17) is 0 Å². The third kappa shape index (κ3) is 4.16. The standard InChI is InChI=1S/C23H29N5O2/c1-16-20(17-10-6-4-7-11-17)21-24-18(14-19(29)28(21)26-16)22(30)25-23(2,3)15-27-12-8-5-9-13-27/h4,6-7,10-11,14,26H,5,8-9,12-13,15H2,1-3H3,(H,25,30). The number of nitrogens with zero attached hydrogens (tertiary/aromatic N) is 3. The maximum atomic E-state index is 13.0. The van der Waals surface area contributed by atoms with Crippen molar-refractivity contribution >= 4 is 11.6 Å². The van der Waals surface area contributed by atoms with E-state index in [1.54, 1.807) is 0 Å². The fourth-order valence-corrected chi connectivity index (χ4v) is 4.30. The molecule has 0 unspecified atom stereocenters. The van der Waals surface area contributed by atoms with Crippen LogP contribution in [0.2, 0.25) is 0 Å². The van der Waals surface area contributed by atoms with Crippen LogP contribution in [0.1, 0.15) is 49.3 Å². The molecule has 158 valence electrons. The van der Waals surface area contributed by atoms with Crippen molar-refractivity contribution in [1.82, 2.24) is 24.8 Å². The van der Waals surface area contributed by atoms with Crippen molar-refractivity contribution in [3.63, 3.8) is 0 Å². The van der Waals surface area contributed by atoms with Gasteiger partial charge in [-0.2, -0.15) is 0 Å². The molecule has 1 amide bonds. The second-order valence-electron chi connectivity index (χ2n) is 8.79. The fraction of sp³-hybridized carbons (Fsp3) is 0.435. The average molecular weight is 408 g/mol. The van der Waals surface area contributed by atoms with E-state index in [0.29, 0.717) is 5.65 Å². The number of rotatable bonds is 5. The summed E-state index contributed by atoms with van der Waals surface area (Å²) in [5.74, 6) is -0.325. The number of nitrogens with one attached hydrogen (secondary N) is 2. The normalized spacial score (nSPS) is 15.4. The molecule has 0 atom stereocenters. The molecule has 0 radical (unpaired) electrons. The Morgan fingerprint density at radius 2 is 1.87 bits per heavy atom. The highest BCUT2D eigenvalue weighted by atomic mass is 16.2. The van der Waals surface area contributed by atoms with Crippen molar-refractivity contribution in [1.29, 1.82) is 0 Å². The number of amides is 1. The molecule has 2 aromatic heterocycles. The summed E-state index contributed by atoms with van der Waals surface area (Å²) in [7, 11) is 0. The number of benzene rings is 1. The van der Waals surface area contributed by atoms with E-state index in [-0.39, 0.29) is 17.2 Å². The Kier molecular flexibility index (Phi) is 5.47. The van der Waals surface area contributed by atoms with Gasteiger partial charge in [-0.25, -0.2) is 9.50 Å². The lowest BCUT2D eigenvalue weighted by Crippen LogP contribution is -2.52. The van der Waals surface area contributed by atoms with Crippen molar-refractivity contribution in [3.05, 3.63) is 58.1 Å². The average Bonchev–Trinajstić information content (AvgIpc) is 3.05. The third-order valence-corrected chi connectivity index (χ3v) is 5.61. The second kappa shape index (κ2) is 8.07. The minimum atomic E-state index is -0.419. The van der Waals surface area contributed by atoms with Crippen molar-refractivity contribution < 1.29 is 4.79 Å². The molecule has 1 saturated heterocycles. The van der Waals surface area contributed by atoms with E-state index >= 15 is 0 Å². The SMILES string of the molecule is Cc1[nH]n2c(=O)cc(C(=O)NC(C)(C)CN3CCCCC3)nc2c1-c1ccccc1. The summed E-state index contributed by atoms with van der Waals surface area (Å²) >= 11 is 0. The Bertz CT molecular complexity index is 1110. The number of piperidine rings is 1. The zero-order valence-electron chi connectivity index (χ0n) is 17.9. The van der Waals surface area contributed by atoms with Crippen LogP contribution in [0.25, 0.3) is 16.8 Å². The number of aromatic nitrogens is 3. The van der Waals surface area contributed by atoms with Gasteiger partial charge in [0, 0.05) is 29.4 Å². The first-order valence-corrected chi connectivity index (χ1v) is 10.6. The van der Waals surface area contributed by atoms with Crippen LogP contribution in [0.5, 0.6) is 0 Å². The molecule has 30 heavy (non-hydrogen) atoms. The zero-order valence-corrected chi connectivity index (χ0v) is 17.9. The Hall–Kier alpha value is -2.93. The van der Waals surface area contributed by atoms with Crippen molar-refractivity contribution in [2.45, 2.75) is 45.6 Å².